The van der Waals surface area contributed by atoms with Crippen molar-refractivity contribution in [3.63, 3.8) is 0 Å². The maximum absolute atomic E-state index is 11.8. The van der Waals surface area contributed by atoms with E-state index in [4.69, 9.17) is 9.72 Å². The van der Waals surface area contributed by atoms with Crippen molar-refractivity contribution < 1.29 is 9.53 Å². The number of carbonyl (C=O) groups is 1. The van der Waals surface area contributed by atoms with E-state index >= 15 is 0 Å². The molecule has 0 aliphatic heterocycles. The van der Waals surface area contributed by atoms with Crippen LogP contribution in [0.5, 0.6) is 0 Å². The van der Waals surface area contributed by atoms with E-state index in [9.17, 15) is 4.79 Å². The van der Waals surface area contributed by atoms with E-state index in [0.29, 0.717) is 18.2 Å². The summed E-state index contributed by atoms with van der Waals surface area (Å²) in [5.74, 6) is -0.333. The lowest BCUT2D eigenvalue weighted by molar-refractivity contribution is 0.0600. The molecular weight excluding hydrogens is 434 g/mol. The van der Waals surface area contributed by atoms with Gasteiger partial charge in [0.15, 0.2) is 5.13 Å². The first-order chi connectivity index (χ1) is 16.0. The van der Waals surface area contributed by atoms with Crippen LogP contribution in [0, 0.1) is 0 Å². The molecule has 8 heteroatoms. The summed E-state index contributed by atoms with van der Waals surface area (Å²) in [6.45, 7) is 2.80. The fourth-order valence-electron chi connectivity index (χ4n) is 4.20. The molecule has 4 rings (SSSR count). The van der Waals surface area contributed by atoms with Crippen molar-refractivity contribution in [2.45, 2.75) is 32.0 Å². The molecule has 0 bridgehead atoms. The molecule has 7 nitrogen and oxygen atoms in total. The average Bonchev–Trinajstić information content (AvgIpc) is 3.49. The van der Waals surface area contributed by atoms with Crippen molar-refractivity contribution in [1.82, 2.24) is 19.4 Å². The number of aromatic nitrogens is 3. The smallest absolute Gasteiger partial charge is 0.337 e. The van der Waals surface area contributed by atoms with Crippen LogP contribution in [0.15, 0.2) is 61.2 Å². The minimum atomic E-state index is -0.333. The predicted molar refractivity (Wildman–Crippen MR) is 133 cm³/mol. The first kappa shape index (κ1) is 22.9. The van der Waals surface area contributed by atoms with E-state index in [1.54, 1.807) is 17.4 Å². The van der Waals surface area contributed by atoms with Gasteiger partial charge in [-0.3, -0.25) is 0 Å². The second kappa shape index (κ2) is 10.1. The average molecular weight is 464 g/mol. The highest BCUT2D eigenvalue weighted by molar-refractivity contribution is 7.22. The lowest BCUT2D eigenvalue weighted by atomic mass is 9.96. The summed E-state index contributed by atoms with van der Waals surface area (Å²) < 4.78 is 8.13. The zero-order valence-corrected chi connectivity index (χ0v) is 20.2. The van der Waals surface area contributed by atoms with Gasteiger partial charge in [-0.2, -0.15) is 0 Å². The van der Waals surface area contributed by atoms with Crippen molar-refractivity contribution in [2.24, 2.45) is 0 Å². The van der Waals surface area contributed by atoms with Gasteiger partial charge < -0.3 is 19.5 Å². The van der Waals surface area contributed by atoms with Crippen molar-refractivity contribution in [3.8, 4) is 0 Å². The highest BCUT2D eigenvalue weighted by atomic mass is 32.1. The van der Waals surface area contributed by atoms with Gasteiger partial charge in [-0.05, 0) is 55.9 Å². The maximum Gasteiger partial charge on any atom is 0.337 e. The molecule has 0 spiro atoms. The third-order valence-corrected chi connectivity index (χ3v) is 6.81. The summed E-state index contributed by atoms with van der Waals surface area (Å²) in [6, 6.07) is 14.4. The minimum Gasteiger partial charge on any atom is -0.465 e. The second-order valence-electron chi connectivity index (χ2n) is 8.19. The van der Waals surface area contributed by atoms with Crippen molar-refractivity contribution in [2.75, 3.05) is 26.5 Å². The molecule has 0 fully saturated rings. The van der Waals surface area contributed by atoms with Crippen molar-refractivity contribution >= 4 is 32.7 Å². The number of nitrogens with one attached hydrogen (secondary N) is 1. The number of thiazole rings is 1. The summed E-state index contributed by atoms with van der Waals surface area (Å²) in [4.78, 5) is 23.1. The molecule has 2 unspecified atom stereocenters. The van der Waals surface area contributed by atoms with E-state index in [2.05, 4.69) is 59.0 Å². The van der Waals surface area contributed by atoms with Gasteiger partial charge in [-0.25, -0.2) is 14.8 Å². The van der Waals surface area contributed by atoms with E-state index < -0.39 is 0 Å². The number of ether oxygens (including phenoxy) is 1. The zero-order valence-electron chi connectivity index (χ0n) is 19.4. The van der Waals surface area contributed by atoms with Crippen LogP contribution in [0.25, 0.3) is 10.2 Å². The Morgan fingerprint density at radius 1 is 1.24 bits per heavy atom. The summed E-state index contributed by atoms with van der Waals surface area (Å²) in [7, 11) is 5.64. The monoisotopic (exact) mass is 463 g/mol. The molecule has 0 radical (unpaired) electrons. The van der Waals surface area contributed by atoms with E-state index in [1.165, 1.54) is 12.7 Å². The molecule has 0 saturated heterocycles. The molecule has 0 aliphatic rings. The zero-order chi connectivity index (χ0) is 23.4. The molecule has 172 valence electrons. The van der Waals surface area contributed by atoms with E-state index in [1.807, 2.05) is 36.9 Å². The number of benzene rings is 2. The molecule has 0 saturated carbocycles. The van der Waals surface area contributed by atoms with Crippen LogP contribution in [0.3, 0.4) is 0 Å². The fourth-order valence-corrected chi connectivity index (χ4v) is 5.11. The van der Waals surface area contributed by atoms with Gasteiger partial charge in [0, 0.05) is 25.0 Å². The third kappa shape index (κ3) is 5.07. The SMILES string of the molecule is CCC(C(c1ccc2nc(NCc3cccc(C(=O)OC)c3)sc2c1)n1ccnc1)N(C)C. The van der Waals surface area contributed by atoms with Crippen LogP contribution in [0.1, 0.15) is 40.9 Å². The number of hydrogen-bond donors (Lipinski definition) is 1. The van der Waals surface area contributed by atoms with Crippen LogP contribution >= 0.6 is 11.3 Å². The standard InChI is InChI=1S/C25H29N5O2S/c1-5-21(29(2)3)23(30-12-11-26-16-30)18-9-10-20-22(14-18)33-25(28-20)27-15-17-7-6-8-19(13-17)24(31)32-4/h6-14,16,21,23H,5,15H2,1-4H3,(H,27,28). The van der Waals surface area contributed by atoms with Gasteiger partial charge in [0.1, 0.15) is 0 Å². The molecule has 0 aliphatic carbocycles. The number of esters is 1. The van der Waals surface area contributed by atoms with Crippen LogP contribution in [-0.2, 0) is 11.3 Å². The number of hydrogen-bond acceptors (Lipinski definition) is 7. The van der Waals surface area contributed by atoms with Crippen molar-refractivity contribution in [3.05, 3.63) is 77.9 Å². The highest BCUT2D eigenvalue weighted by Crippen LogP contribution is 2.33. The normalized spacial score (nSPS) is 13.2. The molecule has 0 amide bonds. The summed E-state index contributed by atoms with van der Waals surface area (Å²) in [5.41, 5.74) is 3.75. The van der Waals surface area contributed by atoms with E-state index in [0.717, 1.165) is 27.3 Å². The number of imidazole rings is 1. The molecular formula is C25H29N5O2S. The quantitative estimate of drug-likeness (QED) is 0.359. The highest BCUT2D eigenvalue weighted by Gasteiger charge is 2.25. The molecule has 4 aromatic rings. The number of likely N-dealkylation sites (N-methyl/N-ethyl adjacent to an activating group) is 1. The molecule has 2 atom stereocenters. The molecule has 2 aromatic heterocycles. The Labute approximate surface area is 198 Å². The molecule has 33 heavy (non-hydrogen) atoms. The van der Waals surface area contributed by atoms with Crippen LogP contribution in [-0.4, -0.2) is 52.7 Å². The second-order valence-corrected chi connectivity index (χ2v) is 9.22. The predicted octanol–water partition coefficient (Wildman–Crippen LogP) is 4.82. The first-order valence-electron chi connectivity index (χ1n) is 11.0. The number of carbonyl (C=O) groups excluding carboxylic acids is 1. The van der Waals surface area contributed by atoms with Gasteiger partial charge in [0.2, 0.25) is 0 Å². The van der Waals surface area contributed by atoms with Crippen LogP contribution in [0.4, 0.5) is 5.13 Å². The van der Waals surface area contributed by atoms with E-state index in [-0.39, 0.29) is 12.0 Å². The Morgan fingerprint density at radius 3 is 2.79 bits per heavy atom. The topological polar surface area (TPSA) is 72.3 Å². The Morgan fingerprint density at radius 2 is 2.09 bits per heavy atom. The Balaban J connectivity index is 1.57. The third-order valence-electron chi connectivity index (χ3n) is 5.84. The largest absolute Gasteiger partial charge is 0.465 e. The Kier molecular flexibility index (Phi) is 7.05. The van der Waals surface area contributed by atoms with Gasteiger partial charge in [-0.15, -0.1) is 0 Å². The molecule has 2 heterocycles. The maximum atomic E-state index is 11.8. The lowest BCUT2D eigenvalue weighted by Crippen LogP contribution is -2.36. The fraction of sp³-hybridized carbons (Fsp3) is 0.320. The van der Waals surface area contributed by atoms with Crippen LogP contribution < -0.4 is 5.32 Å². The van der Waals surface area contributed by atoms with Crippen molar-refractivity contribution in [1.29, 1.82) is 0 Å². The molecule has 1 N–H and O–H groups in total. The Bertz CT molecular complexity index is 1220. The summed E-state index contributed by atoms with van der Waals surface area (Å²) in [5, 5.41) is 4.25. The molecule has 2 aromatic carbocycles. The number of methoxy groups -OCH3 is 1. The number of anilines is 1. The summed E-state index contributed by atoms with van der Waals surface area (Å²) in [6.07, 6.45) is 6.78. The first-order valence-corrected chi connectivity index (χ1v) is 11.8. The Hall–Kier alpha value is -3.23. The lowest BCUT2D eigenvalue weighted by Gasteiger charge is -2.33. The van der Waals surface area contributed by atoms with Gasteiger partial charge in [0.05, 0.1) is 35.3 Å². The van der Waals surface area contributed by atoms with Gasteiger partial charge in [0.25, 0.3) is 0 Å². The number of fused-ring (bicyclic) bond motifs is 1. The number of rotatable bonds is 9. The summed E-state index contributed by atoms with van der Waals surface area (Å²) >= 11 is 1.64. The van der Waals surface area contributed by atoms with Crippen LogP contribution in [0.2, 0.25) is 0 Å². The van der Waals surface area contributed by atoms with Gasteiger partial charge >= 0.3 is 5.97 Å². The number of nitrogens with zero attached hydrogens (tertiary/aromatic N) is 4. The minimum absolute atomic E-state index is 0.163. The van der Waals surface area contributed by atoms with Gasteiger partial charge in [-0.1, -0.05) is 36.5 Å².